The van der Waals surface area contributed by atoms with Crippen LogP contribution < -0.4 is 0 Å². The van der Waals surface area contributed by atoms with Gasteiger partial charge in [-0.3, -0.25) is 4.98 Å². The lowest BCUT2D eigenvalue weighted by Crippen LogP contribution is -1.87. The summed E-state index contributed by atoms with van der Waals surface area (Å²) in [5.74, 6) is 0.574. The number of rotatable bonds is 2. The fourth-order valence-corrected chi connectivity index (χ4v) is 1.43. The molecule has 7 nitrogen and oxygen atoms in total. The van der Waals surface area contributed by atoms with Gasteiger partial charge < -0.3 is 9.63 Å². The van der Waals surface area contributed by atoms with Crippen LogP contribution in [0.3, 0.4) is 0 Å². The number of hydrogen-bond acceptors (Lipinski definition) is 6. The molecule has 3 heterocycles. The van der Waals surface area contributed by atoms with E-state index in [1.54, 1.807) is 29.3 Å². The Bertz CT molecular complexity index is 629. The zero-order valence-corrected chi connectivity index (χ0v) is 8.11. The molecule has 7 heteroatoms. The Kier molecular flexibility index (Phi) is 1.90. The molecule has 0 saturated heterocycles. The number of nitrogens with zero attached hydrogens (tertiary/aromatic N) is 5. The molecule has 0 aromatic carbocycles. The third-order valence-corrected chi connectivity index (χ3v) is 2.16. The summed E-state index contributed by atoms with van der Waals surface area (Å²) in [5.41, 5.74) is 1.47. The summed E-state index contributed by atoms with van der Waals surface area (Å²) in [4.78, 5) is 8.01. The molecule has 3 aromatic heterocycles. The van der Waals surface area contributed by atoms with Crippen molar-refractivity contribution in [2.24, 2.45) is 0 Å². The number of aliphatic hydroxyl groups excluding tert-OH is 1. The van der Waals surface area contributed by atoms with Crippen LogP contribution in [0.2, 0.25) is 0 Å². The second-order valence-corrected chi connectivity index (χ2v) is 3.14. The van der Waals surface area contributed by atoms with E-state index in [1.807, 2.05) is 0 Å². The van der Waals surface area contributed by atoms with Crippen molar-refractivity contribution in [3.63, 3.8) is 0 Å². The molecule has 3 rings (SSSR count). The van der Waals surface area contributed by atoms with Crippen molar-refractivity contribution in [2.75, 3.05) is 0 Å². The Hall–Kier alpha value is -2.28. The molecule has 0 atom stereocenters. The molecule has 16 heavy (non-hydrogen) atoms. The Morgan fingerprint density at radius 1 is 1.38 bits per heavy atom. The van der Waals surface area contributed by atoms with E-state index in [0.29, 0.717) is 11.5 Å². The number of aromatic nitrogens is 5. The van der Waals surface area contributed by atoms with Crippen LogP contribution in [-0.4, -0.2) is 29.8 Å². The molecule has 0 unspecified atom stereocenters. The first-order valence-corrected chi connectivity index (χ1v) is 4.59. The van der Waals surface area contributed by atoms with Crippen molar-refractivity contribution in [1.29, 1.82) is 0 Å². The first kappa shape index (κ1) is 8.98. The van der Waals surface area contributed by atoms with E-state index in [4.69, 9.17) is 9.63 Å². The molecule has 0 radical (unpaired) electrons. The largest absolute Gasteiger partial charge is 0.388 e. The van der Waals surface area contributed by atoms with Crippen molar-refractivity contribution in [3.8, 4) is 11.5 Å². The average Bonchev–Trinajstić information content (AvgIpc) is 2.94. The minimum atomic E-state index is -0.249. The molecular formula is C9H7N5O2. The van der Waals surface area contributed by atoms with Crippen molar-refractivity contribution >= 4 is 5.52 Å². The topological polar surface area (TPSA) is 89.3 Å². The quantitative estimate of drug-likeness (QED) is 0.662. The van der Waals surface area contributed by atoms with Crippen LogP contribution in [0.4, 0.5) is 0 Å². The van der Waals surface area contributed by atoms with Gasteiger partial charge in [-0.2, -0.15) is 10.1 Å². The van der Waals surface area contributed by atoms with Crippen molar-refractivity contribution in [2.45, 2.75) is 6.61 Å². The fourth-order valence-electron chi connectivity index (χ4n) is 1.43. The number of hydrogen-bond donors (Lipinski definition) is 1. The molecule has 3 aromatic rings. The van der Waals surface area contributed by atoms with Crippen molar-refractivity contribution < 1.29 is 9.63 Å². The van der Waals surface area contributed by atoms with Crippen LogP contribution in [0.5, 0.6) is 0 Å². The molecule has 0 aliphatic carbocycles. The van der Waals surface area contributed by atoms with Crippen LogP contribution in [-0.2, 0) is 6.61 Å². The monoisotopic (exact) mass is 217 g/mol. The van der Waals surface area contributed by atoms with E-state index >= 15 is 0 Å². The first-order valence-electron chi connectivity index (χ1n) is 4.59. The third kappa shape index (κ3) is 1.26. The molecule has 0 aliphatic heterocycles. The fraction of sp³-hybridized carbons (Fsp3) is 0.111. The lowest BCUT2D eigenvalue weighted by Gasteiger charge is -1.91. The van der Waals surface area contributed by atoms with E-state index < -0.39 is 0 Å². The minimum Gasteiger partial charge on any atom is -0.388 e. The van der Waals surface area contributed by atoms with Crippen LogP contribution >= 0.6 is 0 Å². The molecule has 0 saturated carbocycles. The second-order valence-electron chi connectivity index (χ2n) is 3.14. The van der Waals surface area contributed by atoms with Crippen LogP contribution in [0.25, 0.3) is 17.0 Å². The highest BCUT2D eigenvalue weighted by molar-refractivity contribution is 5.73. The van der Waals surface area contributed by atoms with Gasteiger partial charge in [0.2, 0.25) is 0 Å². The summed E-state index contributed by atoms with van der Waals surface area (Å²) in [6.07, 6.45) is 6.63. The van der Waals surface area contributed by atoms with Gasteiger partial charge in [0.25, 0.3) is 5.89 Å². The Balaban J connectivity index is 2.18. The van der Waals surface area contributed by atoms with Gasteiger partial charge in [0, 0.05) is 12.4 Å². The summed E-state index contributed by atoms with van der Waals surface area (Å²) in [7, 11) is 0. The average molecular weight is 217 g/mol. The predicted molar refractivity (Wildman–Crippen MR) is 52.2 cm³/mol. The third-order valence-electron chi connectivity index (χ3n) is 2.16. The zero-order valence-electron chi connectivity index (χ0n) is 8.11. The maximum atomic E-state index is 8.84. The van der Waals surface area contributed by atoms with E-state index in [-0.39, 0.29) is 12.4 Å². The summed E-state index contributed by atoms with van der Waals surface area (Å²) in [6, 6.07) is 0. The highest BCUT2D eigenvalue weighted by atomic mass is 16.5. The predicted octanol–water partition coefficient (Wildman–Crippen LogP) is 0.272. The summed E-state index contributed by atoms with van der Waals surface area (Å²) >= 11 is 0. The van der Waals surface area contributed by atoms with Gasteiger partial charge in [-0.05, 0) is 0 Å². The lowest BCUT2D eigenvalue weighted by atomic mass is 10.3. The summed E-state index contributed by atoms with van der Waals surface area (Å²) in [6.45, 7) is -0.249. The van der Waals surface area contributed by atoms with E-state index in [9.17, 15) is 0 Å². The zero-order chi connectivity index (χ0) is 11.0. The maximum Gasteiger partial charge on any atom is 0.261 e. The van der Waals surface area contributed by atoms with Gasteiger partial charge in [-0.1, -0.05) is 5.16 Å². The highest BCUT2D eigenvalue weighted by Crippen LogP contribution is 2.21. The van der Waals surface area contributed by atoms with Gasteiger partial charge in [-0.15, -0.1) is 0 Å². The van der Waals surface area contributed by atoms with Gasteiger partial charge in [-0.25, -0.2) is 4.52 Å². The van der Waals surface area contributed by atoms with Gasteiger partial charge >= 0.3 is 0 Å². The van der Waals surface area contributed by atoms with Gasteiger partial charge in [0.05, 0.1) is 23.5 Å². The van der Waals surface area contributed by atoms with E-state index in [1.165, 1.54) is 0 Å². The number of aliphatic hydroxyl groups is 1. The van der Waals surface area contributed by atoms with Gasteiger partial charge in [0.1, 0.15) is 6.61 Å². The van der Waals surface area contributed by atoms with E-state index in [2.05, 4.69) is 20.2 Å². The molecule has 0 spiro atoms. The maximum absolute atomic E-state index is 8.84. The SMILES string of the molecule is OCc1noc(-c2cnn3ccncc23)n1. The summed E-state index contributed by atoms with van der Waals surface area (Å²) < 4.78 is 6.66. The molecule has 80 valence electrons. The Morgan fingerprint density at radius 3 is 3.12 bits per heavy atom. The Labute approximate surface area is 89.4 Å². The van der Waals surface area contributed by atoms with Crippen LogP contribution in [0.1, 0.15) is 5.82 Å². The normalized spacial score (nSPS) is 11.1. The molecule has 0 fully saturated rings. The summed E-state index contributed by atoms with van der Waals surface area (Å²) in [5, 5.41) is 16.6. The number of fused-ring (bicyclic) bond motifs is 1. The Morgan fingerprint density at radius 2 is 2.31 bits per heavy atom. The molecule has 0 aliphatic rings. The minimum absolute atomic E-state index is 0.248. The lowest BCUT2D eigenvalue weighted by molar-refractivity contribution is 0.264. The standard InChI is InChI=1S/C9H7N5O2/c15-5-8-12-9(16-13-8)6-3-11-14-2-1-10-4-7(6)14/h1-4,15H,5H2. The van der Waals surface area contributed by atoms with Crippen LogP contribution in [0.15, 0.2) is 29.3 Å². The van der Waals surface area contributed by atoms with Crippen molar-refractivity contribution in [3.05, 3.63) is 30.6 Å². The highest BCUT2D eigenvalue weighted by Gasteiger charge is 2.13. The second kappa shape index (κ2) is 3.38. The molecular weight excluding hydrogens is 210 g/mol. The molecule has 0 bridgehead atoms. The van der Waals surface area contributed by atoms with E-state index in [0.717, 1.165) is 5.52 Å². The van der Waals surface area contributed by atoms with Crippen LogP contribution in [0, 0.1) is 0 Å². The molecule has 1 N–H and O–H groups in total. The first-order chi connectivity index (χ1) is 7.88. The van der Waals surface area contributed by atoms with Gasteiger partial charge in [0.15, 0.2) is 5.82 Å². The molecule has 0 amide bonds. The smallest absolute Gasteiger partial charge is 0.261 e. The van der Waals surface area contributed by atoms with Crippen molar-refractivity contribution in [1.82, 2.24) is 24.7 Å².